The number of carbonyl (C=O) groups excluding carboxylic acids is 1. The van der Waals surface area contributed by atoms with Crippen LogP contribution in [0.2, 0.25) is 0 Å². The van der Waals surface area contributed by atoms with Gasteiger partial charge in [0.1, 0.15) is 5.00 Å². The van der Waals surface area contributed by atoms with Gasteiger partial charge in [0, 0.05) is 25.0 Å². The summed E-state index contributed by atoms with van der Waals surface area (Å²) in [4.78, 5) is 16.3. The molecule has 1 saturated heterocycles. The van der Waals surface area contributed by atoms with E-state index in [4.69, 9.17) is 12.2 Å². The molecule has 0 saturated carbocycles. The highest BCUT2D eigenvalue weighted by Gasteiger charge is 2.27. The van der Waals surface area contributed by atoms with Crippen molar-refractivity contribution in [3.05, 3.63) is 41.5 Å². The quantitative estimate of drug-likeness (QED) is 0.789. The number of thiocarbonyl (C=S) groups is 1. The maximum atomic E-state index is 13.2. The molecule has 0 spiro atoms. The van der Waals surface area contributed by atoms with Crippen molar-refractivity contribution in [2.24, 2.45) is 0 Å². The Hall–Kier alpha value is -1.92. The average Bonchev–Trinajstić information content (AvgIpc) is 2.98. The smallest absolute Gasteiger partial charge is 0.257 e. The van der Waals surface area contributed by atoms with E-state index in [1.165, 1.54) is 6.42 Å². The molecule has 1 aromatic carbocycles. The zero-order valence-corrected chi connectivity index (χ0v) is 16.2. The van der Waals surface area contributed by atoms with Crippen molar-refractivity contribution in [3.63, 3.8) is 0 Å². The van der Waals surface area contributed by atoms with Crippen molar-refractivity contribution in [1.82, 2.24) is 10.2 Å². The number of likely N-dealkylation sites (tertiary alicyclic amines) is 1. The number of hydrogen-bond donors (Lipinski definition) is 2. The molecule has 132 valence electrons. The predicted octanol–water partition coefficient (Wildman–Crippen LogP) is 4.27. The Kier molecular flexibility index (Phi) is 5.71. The minimum Gasteiger partial charge on any atom is -0.366 e. The second-order valence-corrected chi connectivity index (χ2v) is 7.61. The standard InChI is InChI=1S/C19H23N3OS2/c1-13-15(18(23)22-11-7-4-8-12-22)17(21-19(24)20-2)25-16(13)14-9-5-3-6-10-14/h3,5-6,9-10H,4,7-8,11-12H2,1-2H3,(H2,20,21,24). The van der Waals surface area contributed by atoms with Gasteiger partial charge in [0.2, 0.25) is 0 Å². The zero-order chi connectivity index (χ0) is 17.8. The van der Waals surface area contributed by atoms with E-state index < -0.39 is 0 Å². The van der Waals surface area contributed by atoms with Crippen molar-refractivity contribution in [2.45, 2.75) is 26.2 Å². The van der Waals surface area contributed by atoms with Gasteiger partial charge in [-0.05, 0) is 49.5 Å². The van der Waals surface area contributed by atoms with Crippen LogP contribution in [0, 0.1) is 6.92 Å². The zero-order valence-electron chi connectivity index (χ0n) is 14.6. The summed E-state index contributed by atoms with van der Waals surface area (Å²) >= 11 is 6.86. The van der Waals surface area contributed by atoms with E-state index in [0.29, 0.717) is 5.11 Å². The number of anilines is 1. The van der Waals surface area contributed by atoms with Crippen LogP contribution >= 0.6 is 23.6 Å². The fourth-order valence-electron chi connectivity index (χ4n) is 3.14. The van der Waals surface area contributed by atoms with Crippen LogP contribution in [0.25, 0.3) is 10.4 Å². The Bertz CT molecular complexity index is 764. The van der Waals surface area contributed by atoms with Gasteiger partial charge in [-0.15, -0.1) is 11.3 Å². The molecule has 4 nitrogen and oxygen atoms in total. The summed E-state index contributed by atoms with van der Waals surface area (Å²) in [5.74, 6) is 0.108. The Morgan fingerprint density at radius 3 is 2.48 bits per heavy atom. The molecule has 1 aliphatic heterocycles. The Labute approximate surface area is 158 Å². The molecule has 3 rings (SSSR count). The lowest BCUT2D eigenvalue weighted by atomic mass is 10.0. The SMILES string of the molecule is CNC(=S)Nc1sc(-c2ccccc2)c(C)c1C(=O)N1CCCCC1. The van der Waals surface area contributed by atoms with Crippen LogP contribution in [0.1, 0.15) is 35.2 Å². The molecular formula is C19H23N3OS2. The molecule has 0 unspecified atom stereocenters. The van der Waals surface area contributed by atoms with Crippen LogP contribution in [0.15, 0.2) is 30.3 Å². The van der Waals surface area contributed by atoms with Crippen LogP contribution in [0.5, 0.6) is 0 Å². The van der Waals surface area contributed by atoms with E-state index >= 15 is 0 Å². The van der Waals surface area contributed by atoms with Gasteiger partial charge in [0.15, 0.2) is 5.11 Å². The second-order valence-electron chi connectivity index (χ2n) is 6.18. The molecule has 0 atom stereocenters. The van der Waals surface area contributed by atoms with E-state index in [9.17, 15) is 4.79 Å². The fraction of sp³-hybridized carbons (Fsp3) is 0.368. The lowest BCUT2D eigenvalue weighted by Gasteiger charge is -2.27. The van der Waals surface area contributed by atoms with Gasteiger partial charge in [0.25, 0.3) is 5.91 Å². The Morgan fingerprint density at radius 1 is 1.16 bits per heavy atom. The third-order valence-electron chi connectivity index (χ3n) is 4.49. The van der Waals surface area contributed by atoms with Crippen LogP contribution in [-0.4, -0.2) is 36.1 Å². The monoisotopic (exact) mass is 373 g/mol. The van der Waals surface area contributed by atoms with E-state index in [1.807, 2.05) is 30.0 Å². The van der Waals surface area contributed by atoms with Gasteiger partial charge < -0.3 is 15.5 Å². The lowest BCUT2D eigenvalue weighted by Crippen LogP contribution is -2.36. The number of hydrogen-bond acceptors (Lipinski definition) is 3. The second kappa shape index (κ2) is 7.97. The molecule has 1 aliphatic rings. The maximum Gasteiger partial charge on any atom is 0.257 e. The fourth-order valence-corrected chi connectivity index (χ4v) is 4.52. The highest BCUT2D eigenvalue weighted by Crippen LogP contribution is 2.40. The molecule has 0 bridgehead atoms. The molecule has 2 heterocycles. The van der Waals surface area contributed by atoms with Crippen molar-refractivity contribution >= 4 is 39.6 Å². The molecule has 0 aliphatic carbocycles. The highest BCUT2D eigenvalue weighted by atomic mass is 32.1. The average molecular weight is 374 g/mol. The summed E-state index contributed by atoms with van der Waals surface area (Å²) in [6, 6.07) is 10.2. The van der Waals surface area contributed by atoms with Gasteiger partial charge in [-0.1, -0.05) is 30.3 Å². The molecular weight excluding hydrogens is 350 g/mol. The Balaban J connectivity index is 2.03. The summed E-state index contributed by atoms with van der Waals surface area (Å²) in [5, 5.41) is 7.48. The van der Waals surface area contributed by atoms with Gasteiger partial charge in [-0.25, -0.2) is 0 Å². The minimum atomic E-state index is 0.108. The molecule has 2 aromatic rings. The highest BCUT2D eigenvalue weighted by molar-refractivity contribution is 7.80. The van der Waals surface area contributed by atoms with Crippen molar-refractivity contribution in [2.75, 3.05) is 25.5 Å². The number of carbonyl (C=O) groups is 1. The van der Waals surface area contributed by atoms with Crippen LogP contribution < -0.4 is 10.6 Å². The largest absolute Gasteiger partial charge is 0.366 e. The number of benzene rings is 1. The molecule has 1 aromatic heterocycles. The van der Waals surface area contributed by atoms with Gasteiger partial charge in [-0.3, -0.25) is 4.79 Å². The molecule has 2 N–H and O–H groups in total. The third kappa shape index (κ3) is 3.85. The van der Waals surface area contributed by atoms with Crippen LogP contribution in [-0.2, 0) is 0 Å². The number of piperidine rings is 1. The summed E-state index contributed by atoms with van der Waals surface area (Å²) < 4.78 is 0. The van der Waals surface area contributed by atoms with Crippen molar-refractivity contribution in [1.29, 1.82) is 0 Å². The molecule has 1 amide bonds. The van der Waals surface area contributed by atoms with Crippen LogP contribution in [0.3, 0.4) is 0 Å². The topological polar surface area (TPSA) is 44.4 Å². The molecule has 6 heteroatoms. The minimum absolute atomic E-state index is 0.108. The summed E-state index contributed by atoms with van der Waals surface area (Å²) in [6.07, 6.45) is 3.37. The molecule has 1 fully saturated rings. The maximum absolute atomic E-state index is 13.2. The van der Waals surface area contributed by atoms with E-state index in [2.05, 4.69) is 22.8 Å². The Morgan fingerprint density at radius 2 is 1.84 bits per heavy atom. The summed E-state index contributed by atoms with van der Waals surface area (Å²) in [5.41, 5.74) is 2.90. The number of rotatable bonds is 3. The van der Waals surface area contributed by atoms with E-state index in [0.717, 1.165) is 52.5 Å². The van der Waals surface area contributed by atoms with Crippen molar-refractivity contribution < 1.29 is 4.79 Å². The third-order valence-corrected chi connectivity index (χ3v) is 6.06. The van der Waals surface area contributed by atoms with Crippen molar-refractivity contribution in [3.8, 4) is 10.4 Å². The van der Waals surface area contributed by atoms with E-state index in [1.54, 1.807) is 18.4 Å². The van der Waals surface area contributed by atoms with Gasteiger partial charge in [-0.2, -0.15) is 0 Å². The first-order valence-corrected chi connectivity index (χ1v) is 9.81. The number of nitrogens with one attached hydrogen (secondary N) is 2. The van der Waals surface area contributed by atoms with E-state index in [-0.39, 0.29) is 5.91 Å². The molecule has 25 heavy (non-hydrogen) atoms. The normalized spacial score (nSPS) is 14.2. The summed E-state index contributed by atoms with van der Waals surface area (Å²) in [7, 11) is 1.78. The number of amides is 1. The first-order chi connectivity index (χ1) is 12.1. The molecule has 0 radical (unpaired) electrons. The first kappa shape index (κ1) is 17.9. The number of nitrogens with zero attached hydrogens (tertiary/aromatic N) is 1. The predicted molar refractivity (Wildman–Crippen MR) is 110 cm³/mol. The van der Waals surface area contributed by atoms with Gasteiger partial charge >= 0.3 is 0 Å². The lowest BCUT2D eigenvalue weighted by molar-refractivity contribution is 0.0725. The summed E-state index contributed by atoms with van der Waals surface area (Å²) in [6.45, 7) is 3.71. The van der Waals surface area contributed by atoms with Gasteiger partial charge in [0.05, 0.1) is 5.56 Å². The number of thiophene rings is 1. The van der Waals surface area contributed by atoms with Crippen LogP contribution in [0.4, 0.5) is 5.00 Å². The first-order valence-electron chi connectivity index (χ1n) is 8.58.